The molecule has 0 heterocycles. The van der Waals surface area contributed by atoms with E-state index in [-0.39, 0.29) is 6.10 Å². The lowest BCUT2D eigenvalue weighted by atomic mass is 10.2. The Balaban J connectivity index is 3.13. The number of methoxy groups -OCH3 is 1. The Morgan fingerprint density at radius 1 is 0.882 bits per heavy atom. The topological polar surface area (TPSA) is 49.0 Å². The Bertz CT molecular complexity index is 157. The van der Waals surface area contributed by atoms with Crippen LogP contribution in [-0.2, 0) is 18.9 Å². The summed E-state index contributed by atoms with van der Waals surface area (Å²) in [5.74, 6) is 0. The van der Waals surface area contributed by atoms with Gasteiger partial charge in [0.25, 0.3) is 0 Å². The van der Waals surface area contributed by atoms with Crippen LogP contribution in [0.25, 0.3) is 0 Å². The first-order chi connectivity index (χ1) is 8.22. The molecule has 0 amide bonds. The Morgan fingerprint density at radius 3 is 1.94 bits per heavy atom. The highest BCUT2D eigenvalue weighted by Crippen LogP contribution is 1.96. The van der Waals surface area contributed by atoms with Crippen LogP contribution in [-0.4, -0.2) is 65.9 Å². The van der Waals surface area contributed by atoms with Crippen molar-refractivity contribution in [2.45, 2.75) is 26.0 Å². The van der Waals surface area contributed by atoms with Crippen LogP contribution in [0.15, 0.2) is 0 Å². The average molecular weight is 249 g/mol. The van der Waals surface area contributed by atoms with Gasteiger partial charge in [0.15, 0.2) is 0 Å². The third-order valence-corrected chi connectivity index (χ3v) is 2.57. The van der Waals surface area contributed by atoms with Gasteiger partial charge in [-0.25, -0.2) is 0 Å². The highest BCUT2D eigenvalue weighted by molar-refractivity contribution is 4.65. The van der Waals surface area contributed by atoms with Crippen molar-refractivity contribution >= 4 is 0 Å². The molecule has 0 bridgehead atoms. The van der Waals surface area contributed by atoms with Gasteiger partial charge >= 0.3 is 0 Å². The van der Waals surface area contributed by atoms with E-state index in [2.05, 4.69) is 19.2 Å². The van der Waals surface area contributed by atoms with Crippen molar-refractivity contribution in [1.29, 1.82) is 0 Å². The first kappa shape index (κ1) is 16.8. The number of likely N-dealkylation sites (N-methyl/N-ethyl adjacent to an activating group) is 1. The van der Waals surface area contributed by atoms with Gasteiger partial charge < -0.3 is 24.3 Å². The zero-order valence-electron chi connectivity index (χ0n) is 11.5. The van der Waals surface area contributed by atoms with Crippen molar-refractivity contribution in [3.05, 3.63) is 0 Å². The van der Waals surface area contributed by atoms with Crippen LogP contribution in [0, 0.1) is 0 Å². The molecule has 0 fully saturated rings. The smallest absolute Gasteiger partial charge is 0.0704 e. The third-order valence-electron chi connectivity index (χ3n) is 2.57. The van der Waals surface area contributed by atoms with E-state index in [1.54, 1.807) is 7.11 Å². The largest absolute Gasteiger partial charge is 0.382 e. The molecule has 0 saturated carbocycles. The zero-order valence-corrected chi connectivity index (χ0v) is 11.5. The van der Waals surface area contributed by atoms with Gasteiger partial charge in [-0.05, 0) is 20.9 Å². The summed E-state index contributed by atoms with van der Waals surface area (Å²) in [5.41, 5.74) is 0. The second kappa shape index (κ2) is 12.3. The predicted molar refractivity (Wildman–Crippen MR) is 67.4 cm³/mol. The van der Waals surface area contributed by atoms with Gasteiger partial charge in [0.1, 0.15) is 0 Å². The lowest BCUT2D eigenvalue weighted by molar-refractivity contribution is -0.0184. The van der Waals surface area contributed by atoms with E-state index in [1.807, 2.05) is 7.05 Å². The molecule has 0 aromatic heterocycles. The normalized spacial score (nSPS) is 14.8. The number of hydrogen-bond acceptors (Lipinski definition) is 5. The van der Waals surface area contributed by atoms with E-state index >= 15 is 0 Å². The van der Waals surface area contributed by atoms with Crippen LogP contribution >= 0.6 is 0 Å². The number of ether oxygens (including phenoxy) is 4. The van der Waals surface area contributed by atoms with Gasteiger partial charge in [-0.2, -0.15) is 0 Å². The summed E-state index contributed by atoms with van der Waals surface area (Å²) >= 11 is 0. The van der Waals surface area contributed by atoms with Crippen molar-refractivity contribution in [3.63, 3.8) is 0 Å². The first-order valence-corrected chi connectivity index (χ1v) is 6.15. The van der Waals surface area contributed by atoms with Crippen molar-refractivity contribution in [1.82, 2.24) is 5.32 Å². The summed E-state index contributed by atoms with van der Waals surface area (Å²) in [5, 5.41) is 3.15. The highest BCUT2D eigenvalue weighted by Gasteiger charge is 2.09. The average Bonchev–Trinajstić information content (AvgIpc) is 2.35. The van der Waals surface area contributed by atoms with Gasteiger partial charge in [0.05, 0.1) is 45.7 Å². The molecule has 0 aromatic rings. The van der Waals surface area contributed by atoms with E-state index in [4.69, 9.17) is 18.9 Å². The Labute approximate surface area is 105 Å². The summed E-state index contributed by atoms with van der Waals surface area (Å²) in [7, 11) is 3.59. The third kappa shape index (κ3) is 10.7. The molecule has 0 saturated heterocycles. The van der Waals surface area contributed by atoms with Crippen molar-refractivity contribution in [3.8, 4) is 0 Å². The van der Waals surface area contributed by atoms with Crippen LogP contribution in [0.5, 0.6) is 0 Å². The SMILES string of the molecule is CNC(C)C(C)OCCOCCOCCOC. The first-order valence-electron chi connectivity index (χ1n) is 6.15. The fraction of sp³-hybridized carbons (Fsp3) is 1.00. The summed E-state index contributed by atoms with van der Waals surface area (Å²) < 4.78 is 21.1. The van der Waals surface area contributed by atoms with Gasteiger partial charge in [-0.1, -0.05) is 0 Å². The van der Waals surface area contributed by atoms with Crippen molar-refractivity contribution in [2.24, 2.45) is 0 Å². The van der Waals surface area contributed by atoms with Crippen LogP contribution in [0.4, 0.5) is 0 Å². The van der Waals surface area contributed by atoms with Crippen LogP contribution < -0.4 is 5.32 Å². The van der Waals surface area contributed by atoms with Crippen LogP contribution in [0.3, 0.4) is 0 Å². The molecule has 0 aliphatic carbocycles. The maximum atomic E-state index is 5.59. The highest BCUT2D eigenvalue weighted by atomic mass is 16.6. The van der Waals surface area contributed by atoms with Gasteiger partial charge in [0.2, 0.25) is 0 Å². The number of hydrogen-bond donors (Lipinski definition) is 1. The molecule has 0 radical (unpaired) electrons. The number of rotatable bonds is 12. The Hall–Kier alpha value is -0.200. The van der Waals surface area contributed by atoms with E-state index in [0.717, 1.165) is 0 Å². The van der Waals surface area contributed by atoms with E-state index in [0.29, 0.717) is 45.7 Å². The summed E-state index contributed by atoms with van der Waals surface area (Å²) in [6.45, 7) is 7.81. The van der Waals surface area contributed by atoms with Crippen LogP contribution in [0.2, 0.25) is 0 Å². The maximum absolute atomic E-state index is 5.59. The molecule has 1 N–H and O–H groups in total. The fourth-order valence-corrected chi connectivity index (χ4v) is 1.14. The maximum Gasteiger partial charge on any atom is 0.0704 e. The minimum Gasteiger partial charge on any atom is -0.382 e. The van der Waals surface area contributed by atoms with Crippen molar-refractivity contribution < 1.29 is 18.9 Å². The Morgan fingerprint density at radius 2 is 1.41 bits per heavy atom. The fourth-order valence-electron chi connectivity index (χ4n) is 1.14. The summed E-state index contributed by atoms with van der Waals surface area (Å²) in [6.07, 6.45) is 0.196. The molecule has 0 aliphatic heterocycles. The van der Waals surface area contributed by atoms with Crippen molar-refractivity contribution in [2.75, 3.05) is 53.8 Å². The molecule has 5 heteroatoms. The molecule has 0 rings (SSSR count). The number of nitrogens with one attached hydrogen (secondary N) is 1. The lowest BCUT2D eigenvalue weighted by Crippen LogP contribution is -2.35. The summed E-state index contributed by atoms with van der Waals surface area (Å²) in [6, 6.07) is 0.354. The molecule has 17 heavy (non-hydrogen) atoms. The molecule has 0 aliphatic rings. The van der Waals surface area contributed by atoms with E-state index in [1.165, 1.54) is 0 Å². The quantitative estimate of drug-likeness (QED) is 0.515. The van der Waals surface area contributed by atoms with Crippen LogP contribution in [0.1, 0.15) is 13.8 Å². The molecule has 0 aromatic carbocycles. The second-order valence-corrected chi connectivity index (χ2v) is 3.87. The van der Waals surface area contributed by atoms with Gasteiger partial charge in [-0.3, -0.25) is 0 Å². The molecule has 2 unspecified atom stereocenters. The van der Waals surface area contributed by atoms with E-state index < -0.39 is 0 Å². The standard InChI is InChI=1S/C12H27NO4/c1-11(13-3)12(2)17-10-9-16-8-7-15-6-5-14-4/h11-13H,5-10H2,1-4H3. The monoisotopic (exact) mass is 249 g/mol. The molecular formula is C12H27NO4. The Kier molecular flexibility index (Phi) is 12.1. The molecule has 0 spiro atoms. The summed E-state index contributed by atoms with van der Waals surface area (Å²) in [4.78, 5) is 0. The zero-order chi connectivity index (χ0) is 12.9. The molecular weight excluding hydrogens is 222 g/mol. The lowest BCUT2D eigenvalue weighted by Gasteiger charge is -2.19. The van der Waals surface area contributed by atoms with Gasteiger partial charge in [0, 0.05) is 13.2 Å². The molecule has 104 valence electrons. The second-order valence-electron chi connectivity index (χ2n) is 3.87. The predicted octanol–water partition coefficient (Wildman–Crippen LogP) is 0.679. The minimum absolute atomic E-state index is 0.196. The molecule has 5 nitrogen and oxygen atoms in total. The minimum atomic E-state index is 0.196. The van der Waals surface area contributed by atoms with Gasteiger partial charge in [-0.15, -0.1) is 0 Å². The van der Waals surface area contributed by atoms with E-state index in [9.17, 15) is 0 Å². The molecule has 2 atom stereocenters.